The van der Waals surface area contributed by atoms with E-state index in [1.807, 2.05) is 19.1 Å². The Morgan fingerprint density at radius 1 is 1.50 bits per heavy atom. The first-order valence-electron chi connectivity index (χ1n) is 6.99. The lowest BCUT2D eigenvalue weighted by Crippen LogP contribution is -2.37. The highest BCUT2D eigenvalue weighted by atomic mass is 16.3. The number of amides is 1. The molecule has 0 spiro atoms. The standard InChI is InChI=1S/C14H18N4O2/c1-2-18-13-6-5-10(8-12(13)15-16-18)14(20)17-7-3-4-11(17)9-19/h5-6,8,11,19H,2-4,7,9H2,1H3/t11-/m1/s1. The van der Waals surface area contributed by atoms with Crippen LogP contribution in [0.25, 0.3) is 11.0 Å². The van der Waals surface area contributed by atoms with Gasteiger partial charge in [0, 0.05) is 18.7 Å². The fraction of sp³-hybridized carbons (Fsp3) is 0.500. The number of aryl methyl sites for hydroxylation is 1. The number of nitrogens with zero attached hydrogens (tertiary/aromatic N) is 4. The average molecular weight is 274 g/mol. The third-order valence-electron chi connectivity index (χ3n) is 3.91. The van der Waals surface area contributed by atoms with Gasteiger partial charge < -0.3 is 10.0 Å². The van der Waals surface area contributed by atoms with E-state index in [0.717, 1.165) is 30.4 Å². The van der Waals surface area contributed by atoms with Gasteiger partial charge >= 0.3 is 0 Å². The number of aromatic nitrogens is 3. The Kier molecular flexibility index (Phi) is 3.40. The number of benzene rings is 1. The van der Waals surface area contributed by atoms with Crippen LogP contribution in [0.5, 0.6) is 0 Å². The van der Waals surface area contributed by atoms with Crippen LogP contribution in [0, 0.1) is 0 Å². The molecule has 0 bridgehead atoms. The highest BCUT2D eigenvalue weighted by molar-refractivity contribution is 5.97. The van der Waals surface area contributed by atoms with Crippen molar-refractivity contribution in [3.8, 4) is 0 Å². The third-order valence-corrected chi connectivity index (χ3v) is 3.91. The van der Waals surface area contributed by atoms with Gasteiger partial charge in [0.1, 0.15) is 5.52 Å². The van der Waals surface area contributed by atoms with Crippen LogP contribution in [0.1, 0.15) is 30.1 Å². The van der Waals surface area contributed by atoms with E-state index >= 15 is 0 Å². The molecule has 1 atom stereocenters. The van der Waals surface area contributed by atoms with Gasteiger partial charge in [0.15, 0.2) is 0 Å². The van der Waals surface area contributed by atoms with Gasteiger partial charge in [-0.2, -0.15) is 0 Å². The summed E-state index contributed by atoms with van der Waals surface area (Å²) in [6, 6.07) is 5.43. The van der Waals surface area contributed by atoms with Crippen molar-refractivity contribution in [2.45, 2.75) is 32.4 Å². The molecule has 0 unspecified atom stereocenters. The summed E-state index contributed by atoms with van der Waals surface area (Å²) in [4.78, 5) is 14.3. The number of hydrogen-bond donors (Lipinski definition) is 1. The molecule has 2 heterocycles. The van der Waals surface area contributed by atoms with Crippen molar-refractivity contribution in [2.24, 2.45) is 0 Å². The van der Waals surface area contributed by atoms with Crippen molar-refractivity contribution >= 4 is 16.9 Å². The number of hydrogen-bond acceptors (Lipinski definition) is 4. The molecule has 2 aromatic rings. The number of fused-ring (bicyclic) bond motifs is 1. The van der Waals surface area contributed by atoms with Crippen LogP contribution in [-0.2, 0) is 6.54 Å². The summed E-state index contributed by atoms with van der Waals surface area (Å²) in [6.07, 6.45) is 1.82. The molecular weight excluding hydrogens is 256 g/mol. The molecule has 1 aliphatic rings. The van der Waals surface area contributed by atoms with Gasteiger partial charge in [-0.05, 0) is 38.0 Å². The minimum absolute atomic E-state index is 0.0278. The Hall–Kier alpha value is -1.95. The third kappa shape index (κ3) is 2.06. The van der Waals surface area contributed by atoms with Gasteiger partial charge in [-0.1, -0.05) is 5.21 Å². The second-order valence-electron chi connectivity index (χ2n) is 5.09. The highest BCUT2D eigenvalue weighted by Gasteiger charge is 2.28. The van der Waals surface area contributed by atoms with Crippen LogP contribution < -0.4 is 0 Å². The summed E-state index contributed by atoms with van der Waals surface area (Å²) in [5, 5.41) is 17.5. The molecule has 1 fully saturated rings. The summed E-state index contributed by atoms with van der Waals surface area (Å²) in [5.41, 5.74) is 2.28. The first-order valence-corrected chi connectivity index (χ1v) is 6.99. The largest absolute Gasteiger partial charge is 0.394 e. The van der Waals surface area contributed by atoms with Crippen molar-refractivity contribution in [3.63, 3.8) is 0 Å². The molecule has 6 heteroatoms. The topological polar surface area (TPSA) is 71.2 Å². The van der Waals surface area contributed by atoms with Crippen molar-refractivity contribution in [3.05, 3.63) is 23.8 Å². The Balaban J connectivity index is 1.92. The van der Waals surface area contributed by atoms with Crippen LogP contribution in [-0.4, -0.2) is 50.1 Å². The zero-order valence-electron chi connectivity index (χ0n) is 11.5. The highest BCUT2D eigenvalue weighted by Crippen LogP contribution is 2.21. The maximum Gasteiger partial charge on any atom is 0.254 e. The zero-order chi connectivity index (χ0) is 14.1. The monoisotopic (exact) mass is 274 g/mol. The van der Waals surface area contributed by atoms with E-state index in [4.69, 9.17) is 0 Å². The molecule has 20 heavy (non-hydrogen) atoms. The lowest BCUT2D eigenvalue weighted by molar-refractivity contribution is 0.0678. The smallest absolute Gasteiger partial charge is 0.254 e. The molecule has 1 amide bonds. The fourth-order valence-electron chi connectivity index (χ4n) is 2.80. The SMILES string of the molecule is CCn1nnc2cc(C(=O)N3CCC[C@@H]3CO)ccc21. The fourth-order valence-corrected chi connectivity index (χ4v) is 2.80. The average Bonchev–Trinajstić information content (AvgIpc) is 3.11. The number of aliphatic hydroxyl groups excluding tert-OH is 1. The van der Waals surface area contributed by atoms with E-state index in [1.165, 1.54) is 0 Å². The molecule has 106 valence electrons. The van der Waals surface area contributed by atoms with Crippen molar-refractivity contribution < 1.29 is 9.90 Å². The van der Waals surface area contributed by atoms with Crippen LogP contribution >= 0.6 is 0 Å². The Morgan fingerprint density at radius 2 is 2.35 bits per heavy atom. The first kappa shape index (κ1) is 13.1. The summed E-state index contributed by atoms with van der Waals surface area (Å²) in [6.45, 7) is 3.50. The summed E-state index contributed by atoms with van der Waals surface area (Å²) < 4.78 is 1.80. The Labute approximate surface area is 117 Å². The number of aliphatic hydroxyl groups is 1. The van der Waals surface area contributed by atoms with E-state index in [-0.39, 0.29) is 18.6 Å². The van der Waals surface area contributed by atoms with Crippen LogP contribution in [0.15, 0.2) is 18.2 Å². The quantitative estimate of drug-likeness (QED) is 0.908. The molecular formula is C14H18N4O2. The van der Waals surface area contributed by atoms with Gasteiger partial charge in [0.25, 0.3) is 5.91 Å². The van der Waals surface area contributed by atoms with Gasteiger partial charge in [0.2, 0.25) is 0 Å². The second-order valence-corrected chi connectivity index (χ2v) is 5.09. The van der Waals surface area contributed by atoms with Gasteiger partial charge in [-0.3, -0.25) is 4.79 Å². The summed E-state index contributed by atoms with van der Waals surface area (Å²) in [7, 11) is 0. The van der Waals surface area contributed by atoms with Gasteiger partial charge in [-0.25, -0.2) is 4.68 Å². The molecule has 1 aromatic heterocycles. The molecule has 1 saturated heterocycles. The van der Waals surface area contributed by atoms with Gasteiger partial charge in [-0.15, -0.1) is 5.10 Å². The molecule has 1 aromatic carbocycles. The summed E-state index contributed by atoms with van der Waals surface area (Å²) in [5.74, 6) is -0.0329. The first-order chi connectivity index (χ1) is 9.74. The normalized spacial score (nSPS) is 18.9. The maximum absolute atomic E-state index is 12.5. The minimum Gasteiger partial charge on any atom is -0.394 e. The van der Waals surface area contributed by atoms with E-state index in [1.54, 1.807) is 15.6 Å². The molecule has 0 radical (unpaired) electrons. The van der Waals surface area contributed by atoms with E-state index in [2.05, 4.69) is 10.3 Å². The lowest BCUT2D eigenvalue weighted by Gasteiger charge is -2.23. The lowest BCUT2D eigenvalue weighted by atomic mass is 10.1. The molecule has 3 rings (SSSR count). The van der Waals surface area contributed by atoms with Crippen molar-refractivity contribution in [2.75, 3.05) is 13.2 Å². The molecule has 0 aliphatic carbocycles. The summed E-state index contributed by atoms with van der Waals surface area (Å²) >= 11 is 0. The van der Waals surface area contributed by atoms with Crippen LogP contribution in [0.4, 0.5) is 0 Å². The minimum atomic E-state index is -0.0514. The molecule has 1 N–H and O–H groups in total. The number of likely N-dealkylation sites (tertiary alicyclic amines) is 1. The Bertz CT molecular complexity index is 637. The molecule has 6 nitrogen and oxygen atoms in total. The van der Waals surface area contributed by atoms with Crippen LogP contribution in [0.2, 0.25) is 0 Å². The van der Waals surface area contributed by atoms with Crippen molar-refractivity contribution in [1.82, 2.24) is 19.9 Å². The van der Waals surface area contributed by atoms with E-state index < -0.39 is 0 Å². The zero-order valence-corrected chi connectivity index (χ0v) is 11.5. The number of carbonyl (C=O) groups is 1. The van der Waals surface area contributed by atoms with E-state index in [9.17, 15) is 9.90 Å². The predicted octanol–water partition coefficient (Wildman–Crippen LogP) is 1.05. The van der Waals surface area contributed by atoms with Gasteiger partial charge in [0.05, 0.1) is 18.2 Å². The maximum atomic E-state index is 12.5. The Morgan fingerprint density at radius 3 is 3.10 bits per heavy atom. The van der Waals surface area contributed by atoms with Crippen LogP contribution in [0.3, 0.4) is 0 Å². The predicted molar refractivity (Wildman–Crippen MR) is 74.3 cm³/mol. The number of carbonyl (C=O) groups excluding carboxylic acids is 1. The van der Waals surface area contributed by atoms with Crippen molar-refractivity contribution in [1.29, 1.82) is 0 Å². The second kappa shape index (κ2) is 5.20. The number of rotatable bonds is 3. The molecule has 0 saturated carbocycles. The van der Waals surface area contributed by atoms with E-state index in [0.29, 0.717) is 12.1 Å². The molecule has 1 aliphatic heterocycles.